The van der Waals surface area contributed by atoms with Crippen LogP contribution in [0, 0.1) is 5.92 Å². The molecule has 1 aliphatic heterocycles. The second-order valence-electron chi connectivity index (χ2n) is 6.70. The van der Waals surface area contributed by atoms with Crippen LogP contribution in [-0.4, -0.2) is 35.6 Å². The van der Waals surface area contributed by atoms with E-state index in [1.165, 1.54) is 42.8 Å². The highest BCUT2D eigenvalue weighted by atomic mass is 32.1. The van der Waals surface area contributed by atoms with E-state index in [1.807, 2.05) is 23.7 Å². The summed E-state index contributed by atoms with van der Waals surface area (Å²) in [6.07, 6.45) is 7.50. The molecule has 1 atom stereocenters. The third kappa shape index (κ3) is 5.41. The summed E-state index contributed by atoms with van der Waals surface area (Å²) in [7, 11) is 0. The number of aromatic nitrogens is 1. The molecule has 3 rings (SSSR count). The van der Waals surface area contributed by atoms with Crippen molar-refractivity contribution >= 4 is 11.3 Å². The van der Waals surface area contributed by atoms with Crippen LogP contribution in [-0.2, 0) is 13.0 Å². The van der Waals surface area contributed by atoms with Crippen molar-refractivity contribution in [2.75, 3.05) is 19.6 Å². The molecule has 0 spiro atoms. The van der Waals surface area contributed by atoms with Gasteiger partial charge in [-0.2, -0.15) is 0 Å². The molecule has 1 fully saturated rings. The van der Waals surface area contributed by atoms with Crippen molar-refractivity contribution in [3.8, 4) is 0 Å². The highest BCUT2D eigenvalue weighted by Crippen LogP contribution is 2.16. The fourth-order valence-corrected chi connectivity index (χ4v) is 4.12. The number of hydrogen-bond acceptors (Lipinski definition) is 4. The summed E-state index contributed by atoms with van der Waals surface area (Å²) in [5, 5.41) is 5.96. The van der Waals surface area contributed by atoms with E-state index in [4.69, 9.17) is 0 Å². The number of likely N-dealkylation sites (tertiary alicyclic amines) is 1. The van der Waals surface area contributed by atoms with E-state index in [9.17, 15) is 0 Å². The van der Waals surface area contributed by atoms with Crippen LogP contribution in [0.1, 0.15) is 30.2 Å². The molecule has 3 nitrogen and oxygen atoms in total. The van der Waals surface area contributed by atoms with Gasteiger partial charge in [-0.15, -0.1) is 11.3 Å². The predicted molar refractivity (Wildman–Crippen MR) is 97.7 cm³/mol. The molecule has 0 aliphatic carbocycles. The zero-order chi connectivity index (χ0) is 15.9. The molecular formula is C19H27N3S. The maximum atomic E-state index is 4.09. The highest BCUT2D eigenvalue weighted by molar-refractivity contribution is 7.09. The summed E-state index contributed by atoms with van der Waals surface area (Å²) in [6, 6.07) is 9.33. The fraction of sp³-hybridized carbons (Fsp3) is 0.526. The molecule has 0 bridgehead atoms. The van der Waals surface area contributed by atoms with Crippen molar-refractivity contribution in [2.24, 2.45) is 5.92 Å². The van der Waals surface area contributed by atoms with Crippen molar-refractivity contribution in [3.05, 3.63) is 52.5 Å². The van der Waals surface area contributed by atoms with Crippen LogP contribution in [0.25, 0.3) is 0 Å². The molecule has 1 N–H and O–H groups in total. The topological polar surface area (TPSA) is 28.2 Å². The van der Waals surface area contributed by atoms with Gasteiger partial charge in [0.05, 0.1) is 0 Å². The summed E-state index contributed by atoms with van der Waals surface area (Å²) in [5.74, 6) is 0.712. The van der Waals surface area contributed by atoms with Crippen LogP contribution in [0.15, 0.2) is 42.0 Å². The molecule has 0 unspecified atom stereocenters. The fourth-order valence-electron chi connectivity index (χ4n) is 3.25. The molecule has 2 aromatic rings. The number of pyridine rings is 1. The zero-order valence-electron chi connectivity index (χ0n) is 13.9. The van der Waals surface area contributed by atoms with Crippen molar-refractivity contribution < 1.29 is 0 Å². The standard InChI is InChI=1S/C19H27N3S/c1-16(13-19-3-2-12-23-19)14-21-18-6-10-22(11-7-18)15-17-4-8-20-9-5-17/h2-5,8-9,12,16,18,21H,6-7,10-11,13-15H2,1H3/t16-/m0/s1. The van der Waals surface area contributed by atoms with Crippen molar-refractivity contribution in [2.45, 2.75) is 38.8 Å². The van der Waals surface area contributed by atoms with E-state index in [-0.39, 0.29) is 0 Å². The van der Waals surface area contributed by atoms with Gasteiger partial charge in [0, 0.05) is 29.9 Å². The Hall–Kier alpha value is -1.23. The number of nitrogens with zero attached hydrogens (tertiary/aromatic N) is 2. The zero-order valence-corrected chi connectivity index (χ0v) is 14.8. The van der Waals surface area contributed by atoms with E-state index in [0.717, 1.165) is 13.1 Å². The Balaban J connectivity index is 1.34. The average Bonchev–Trinajstić information content (AvgIpc) is 3.08. The van der Waals surface area contributed by atoms with Gasteiger partial charge in [-0.25, -0.2) is 0 Å². The van der Waals surface area contributed by atoms with Gasteiger partial charge >= 0.3 is 0 Å². The van der Waals surface area contributed by atoms with Gasteiger partial charge in [-0.1, -0.05) is 13.0 Å². The molecule has 124 valence electrons. The lowest BCUT2D eigenvalue weighted by Crippen LogP contribution is -2.43. The second kappa shape index (κ2) is 8.57. The smallest absolute Gasteiger partial charge is 0.0271 e. The molecule has 0 saturated carbocycles. The largest absolute Gasteiger partial charge is 0.314 e. The molecule has 3 heterocycles. The third-order valence-electron chi connectivity index (χ3n) is 4.63. The summed E-state index contributed by atoms with van der Waals surface area (Å²) in [6.45, 7) is 6.93. The van der Waals surface area contributed by atoms with E-state index in [2.05, 4.69) is 51.8 Å². The Morgan fingerprint density at radius 2 is 2.04 bits per heavy atom. The first-order valence-corrected chi connectivity index (χ1v) is 9.54. The Bertz CT molecular complexity index is 547. The lowest BCUT2D eigenvalue weighted by molar-refractivity contribution is 0.188. The predicted octanol–water partition coefficient (Wildman–Crippen LogP) is 3.58. The summed E-state index contributed by atoms with van der Waals surface area (Å²) in [5.41, 5.74) is 1.37. The van der Waals surface area contributed by atoms with Crippen molar-refractivity contribution in [1.29, 1.82) is 0 Å². The van der Waals surface area contributed by atoms with Crippen molar-refractivity contribution in [1.82, 2.24) is 15.2 Å². The molecule has 0 radical (unpaired) electrons. The quantitative estimate of drug-likeness (QED) is 0.841. The minimum absolute atomic E-state index is 0.689. The van der Waals surface area contributed by atoms with Crippen LogP contribution < -0.4 is 5.32 Å². The van der Waals surface area contributed by atoms with Gasteiger partial charge < -0.3 is 5.32 Å². The number of rotatable bonds is 7. The summed E-state index contributed by atoms with van der Waals surface area (Å²) in [4.78, 5) is 8.15. The number of piperidine rings is 1. The number of nitrogens with one attached hydrogen (secondary N) is 1. The second-order valence-corrected chi connectivity index (χ2v) is 7.74. The van der Waals surface area contributed by atoms with Crippen LogP contribution >= 0.6 is 11.3 Å². The molecule has 23 heavy (non-hydrogen) atoms. The Labute approximate surface area is 143 Å². The Kier molecular flexibility index (Phi) is 6.20. The first-order valence-electron chi connectivity index (χ1n) is 8.66. The molecule has 0 amide bonds. The number of thiophene rings is 1. The Morgan fingerprint density at radius 3 is 2.74 bits per heavy atom. The maximum absolute atomic E-state index is 4.09. The number of hydrogen-bond donors (Lipinski definition) is 1. The van der Waals surface area contributed by atoms with Gasteiger partial charge in [0.25, 0.3) is 0 Å². The molecule has 1 saturated heterocycles. The van der Waals surface area contributed by atoms with E-state index in [1.54, 1.807) is 0 Å². The molecule has 4 heteroatoms. The molecular weight excluding hydrogens is 302 g/mol. The van der Waals surface area contributed by atoms with Gasteiger partial charge in [-0.05, 0) is 74.0 Å². The first-order chi connectivity index (χ1) is 11.3. The van der Waals surface area contributed by atoms with Gasteiger partial charge in [0.15, 0.2) is 0 Å². The summed E-state index contributed by atoms with van der Waals surface area (Å²) >= 11 is 1.87. The third-order valence-corrected chi connectivity index (χ3v) is 5.53. The van der Waals surface area contributed by atoms with E-state index < -0.39 is 0 Å². The average molecular weight is 330 g/mol. The van der Waals surface area contributed by atoms with Gasteiger partial charge in [0.2, 0.25) is 0 Å². The lowest BCUT2D eigenvalue weighted by atomic mass is 10.0. The van der Waals surface area contributed by atoms with Crippen LogP contribution in [0.5, 0.6) is 0 Å². The SMILES string of the molecule is C[C@H](CNC1CCN(Cc2ccncc2)CC1)Cc1cccs1. The molecule has 1 aliphatic rings. The minimum Gasteiger partial charge on any atom is -0.314 e. The van der Waals surface area contributed by atoms with Gasteiger partial charge in [-0.3, -0.25) is 9.88 Å². The van der Waals surface area contributed by atoms with Crippen molar-refractivity contribution in [3.63, 3.8) is 0 Å². The van der Waals surface area contributed by atoms with Gasteiger partial charge in [0.1, 0.15) is 0 Å². The normalized spacial score (nSPS) is 18.1. The minimum atomic E-state index is 0.689. The lowest BCUT2D eigenvalue weighted by Gasteiger charge is -2.33. The first kappa shape index (κ1) is 16.6. The van der Waals surface area contributed by atoms with Crippen LogP contribution in [0.2, 0.25) is 0 Å². The van der Waals surface area contributed by atoms with Crippen LogP contribution in [0.3, 0.4) is 0 Å². The highest BCUT2D eigenvalue weighted by Gasteiger charge is 2.19. The summed E-state index contributed by atoms with van der Waals surface area (Å²) < 4.78 is 0. The monoisotopic (exact) mass is 329 g/mol. The van der Waals surface area contributed by atoms with Crippen LogP contribution in [0.4, 0.5) is 0 Å². The van der Waals surface area contributed by atoms with E-state index in [0.29, 0.717) is 12.0 Å². The molecule has 0 aromatic carbocycles. The molecule has 2 aromatic heterocycles. The Morgan fingerprint density at radius 1 is 1.26 bits per heavy atom. The van der Waals surface area contributed by atoms with E-state index >= 15 is 0 Å². The maximum Gasteiger partial charge on any atom is 0.0271 e.